The number of hydrogen-bond donors (Lipinski definition) is 2. The molecule has 0 aromatic carbocycles. The number of nitrogens with zero attached hydrogens (tertiary/aromatic N) is 1. The van der Waals surface area contributed by atoms with Crippen LogP contribution in [0.25, 0.3) is 0 Å². The molecule has 0 aliphatic heterocycles. The Bertz CT molecular complexity index is 418. The van der Waals surface area contributed by atoms with Gasteiger partial charge in [-0.25, -0.2) is 4.98 Å². The van der Waals surface area contributed by atoms with E-state index in [1.165, 1.54) is 13.1 Å². The normalized spacial score (nSPS) is 11.7. The summed E-state index contributed by atoms with van der Waals surface area (Å²) in [4.78, 5) is 26.6. The van der Waals surface area contributed by atoms with Crippen LogP contribution in [0.1, 0.15) is 37.6 Å². The highest BCUT2D eigenvalue weighted by atomic mass is 16.2. The molecule has 1 atom stereocenters. The minimum atomic E-state index is -0.211. The first-order chi connectivity index (χ1) is 8.02. The van der Waals surface area contributed by atoms with Gasteiger partial charge in [-0.15, -0.1) is 0 Å². The monoisotopic (exact) mass is 235 g/mol. The fourth-order valence-electron chi connectivity index (χ4n) is 1.23. The minimum Gasteiger partial charge on any atom is -0.350 e. The molecule has 0 spiro atoms. The fraction of sp³-hybridized carbons (Fsp3) is 0.417. The molecular formula is C12H17N3O2. The second-order valence-corrected chi connectivity index (χ2v) is 3.89. The first-order valence-electron chi connectivity index (χ1n) is 5.57. The van der Waals surface area contributed by atoms with E-state index >= 15 is 0 Å². The molecule has 2 N–H and O–H groups in total. The molecule has 5 nitrogen and oxygen atoms in total. The van der Waals surface area contributed by atoms with E-state index in [9.17, 15) is 9.59 Å². The topological polar surface area (TPSA) is 71.1 Å². The average Bonchev–Trinajstić information content (AvgIpc) is 2.28. The van der Waals surface area contributed by atoms with E-state index in [1.807, 2.05) is 13.8 Å². The Labute approximate surface area is 101 Å². The smallest absolute Gasteiger partial charge is 0.251 e. The fourth-order valence-corrected chi connectivity index (χ4v) is 1.23. The summed E-state index contributed by atoms with van der Waals surface area (Å²) in [6.45, 7) is 5.33. The molecule has 0 bridgehead atoms. The van der Waals surface area contributed by atoms with Gasteiger partial charge in [-0.05, 0) is 25.5 Å². The van der Waals surface area contributed by atoms with Gasteiger partial charge in [0.1, 0.15) is 5.82 Å². The van der Waals surface area contributed by atoms with Crippen LogP contribution in [-0.4, -0.2) is 22.8 Å². The van der Waals surface area contributed by atoms with Gasteiger partial charge in [-0.3, -0.25) is 9.59 Å². The molecule has 0 saturated carbocycles. The molecule has 0 aliphatic rings. The molecule has 2 amide bonds. The second kappa shape index (κ2) is 5.98. The summed E-state index contributed by atoms with van der Waals surface area (Å²) in [5.41, 5.74) is 0.490. The van der Waals surface area contributed by atoms with Crippen molar-refractivity contribution in [1.82, 2.24) is 10.3 Å². The van der Waals surface area contributed by atoms with E-state index in [4.69, 9.17) is 0 Å². The van der Waals surface area contributed by atoms with Gasteiger partial charge in [0.05, 0.1) is 0 Å². The van der Waals surface area contributed by atoms with Crippen LogP contribution in [0.15, 0.2) is 18.3 Å². The van der Waals surface area contributed by atoms with Crippen LogP contribution in [0.4, 0.5) is 5.82 Å². The van der Waals surface area contributed by atoms with Crippen molar-refractivity contribution in [1.29, 1.82) is 0 Å². The number of rotatable bonds is 4. The van der Waals surface area contributed by atoms with Crippen LogP contribution in [0.2, 0.25) is 0 Å². The first kappa shape index (κ1) is 13.2. The van der Waals surface area contributed by atoms with E-state index in [2.05, 4.69) is 15.6 Å². The predicted molar refractivity (Wildman–Crippen MR) is 65.8 cm³/mol. The molecule has 5 heteroatoms. The second-order valence-electron chi connectivity index (χ2n) is 3.89. The third-order valence-electron chi connectivity index (χ3n) is 2.32. The number of hydrogen-bond acceptors (Lipinski definition) is 3. The number of pyridine rings is 1. The van der Waals surface area contributed by atoms with Crippen molar-refractivity contribution < 1.29 is 9.59 Å². The first-order valence-corrected chi connectivity index (χ1v) is 5.57. The van der Waals surface area contributed by atoms with Crippen LogP contribution >= 0.6 is 0 Å². The molecule has 0 fully saturated rings. The molecule has 1 aromatic heterocycles. The Hall–Kier alpha value is -1.91. The maximum atomic E-state index is 11.8. The van der Waals surface area contributed by atoms with Crippen molar-refractivity contribution in [3.63, 3.8) is 0 Å². The molecular weight excluding hydrogens is 218 g/mol. The lowest BCUT2D eigenvalue weighted by molar-refractivity contribution is -0.114. The van der Waals surface area contributed by atoms with Crippen LogP contribution < -0.4 is 10.6 Å². The van der Waals surface area contributed by atoms with E-state index in [1.54, 1.807) is 12.1 Å². The highest BCUT2D eigenvalue weighted by Gasteiger charge is 2.09. The average molecular weight is 235 g/mol. The van der Waals surface area contributed by atoms with Gasteiger partial charge in [-0.1, -0.05) is 6.92 Å². The summed E-state index contributed by atoms with van der Waals surface area (Å²) in [6, 6.07) is 3.29. The number of amides is 2. The molecule has 1 heterocycles. The summed E-state index contributed by atoms with van der Waals surface area (Å²) in [7, 11) is 0. The lowest BCUT2D eigenvalue weighted by atomic mass is 10.2. The summed E-state index contributed by atoms with van der Waals surface area (Å²) < 4.78 is 0. The summed E-state index contributed by atoms with van der Waals surface area (Å²) in [5, 5.41) is 5.38. The Balaban J connectivity index is 2.77. The molecule has 17 heavy (non-hydrogen) atoms. The van der Waals surface area contributed by atoms with Crippen molar-refractivity contribution >= 4 is 17.6 Å². The van der Waals surface area contributed by atoms with Crippen LogP contribution in [0.3, 0.4) is 0 Å². The van der Waals surface area contributed by atoms with Crippen molar-refractivity contribution in [2.45, 2.75) is 33.2 Å². The predicted octanol–water partition coefficient (Wildman–Crippen LogP) is 1.57. The van der Waals surface area contributed by atoms with Gasteiger partial charge < -0.3 is 10.6 Å². The number of carbonyl (C=O) groups is 2. The molecule has 0 saturated heterocycles. The lowest BCUT2D eigenvalue weighted by Crippen LogP contribution is -2.32. The molecule has 1 unspecified atom stereocenters. The van der Waals surface area contributed by atoms with Crippen molar-refractivity contribution in [3.05, 3.63) is 23.9 Å². The Morgan fingerprint density at radius 1 is 1.47 bits per heavy atom. The van der Waals surface area contributed by atoms with E-state index in [0.29, 0.717) is 11.4 Å². The minimum absolute atomic E-state index is 0.125. The standard InChI is InChI=1S/C12H17N3O2/c1-4-8(2)14-12(17)10-5-6-13-11(7-10)15-9(3)16/h5-8H,4H2,1-3H3,(H,14,17)(H,13,15,16). The number of aromatic nitrogens is 1. The third kappa shape index (κ3) is 4.22. The number of carbonyl (C=O) groups excluding carboxylic acids is 2. The van der Waals surface area contributed by atoms with Crippen LogP contribution in [-0.2, 0) is 4.79 Å². The highest BCUT2D eigenvalue weighted by molar-refractivity contribution is 5.96. The quantitative estimate of drug-likeness (QED) is 0.832. The van der Waals surface area contributed by atoms with Gasteiger partial charge in [0, 0.05) is 24.7 Å². The Morgan fingerprint density at radius 2 is 2.18 bits per heavy atom. The molecule has 1 rings (SSSR count). The van der Waals surface area contributed by atoms with Crippen molar-refractivity contribution in [2.75, 3.05) is 5.32 Å². The van der Waals surface area contributed by atoms with Gasteiger partial charge in [0.2, 0.25) is 5.91 Å². The largest absolute Gasteiger partial charge is 0.350 e. The molecule has 92 valence electrons. The van der Waals surface area contributed by atoms with Crippen LogP contribution in [0, 0.1) is 0 Å². The Kier molecular flexibility index (Phi) is 4.63. The molecule has 0 radical (unpaired) electrons. The SMILES string of the molecule is CCC(C)NC(=O)c1ccnc(NC(C)=O)c1. The van der Waals surface area contributed by atoms with E-state index in [-0.39, 0.29) is 17.9 Å². The van der Waals surface area contributed by atoms with Crippen LogP contribution in [0.5, 0.6) is 0 Å². The summed E-state index contributed by atoms with van der Waals surface area (Å²) >= 11 is 0. The maximum absolute atomic E-state index is 11.8. The summed E-state index contributed by atoms with van der Waals surface area (Å²) in [5.74, 6) is 0.0136. The number of nitrogens with one attached hydrogen (secondary N) is 2. The van der Waals surface area contributed by atoms with Gasteiger partial charge >= 0.3 is 0 Å². The zero-order valence-corrected chi connectivity index (χ0v) is 10.3. The lowest BCUT2D eigenvalue weighted by Gasteiger charge is -2.11. The number of anilines is 1. The molecule has 0 aliphatic carbocycles. The Morgan fingerprint density at radius 3 is 2.76 bits per heavy atom. The zero-order valence-electron chi connectivity index (χ0n) is 10.3. The zero-order chi connectivity index (χ0) is 12.8. The van der Waals surface area contributed by atoms with Crippen molar-refractivity contribution in [3.8, 4) is 0 Å². The van der Waals surface area contributed by atoms with E-state index < -0.39 is 0 Å². The van der Waals surface area contributed by atoms with Gasteiger partial charge in [0.15, 0.2) is 0 Å². The van der Waals surface area contributed by atoms with Crippen molar-refractivity contribution in [2.24, 2.45) is 0 Å². The summed E-state index contributed by atoms with van der Waals surface area (Å²) in [6.07, 6.45) is 2.37. The van der Waals surface area contributed by atoms with E-state index in [0.717, 1.165) is 6.42 Å². The maximum Gasteiger partial charge on any atom is 0.251 e. The van der Waals surface area contributed by atoms with Gasteiger partial charge in [-0.2, -0.15) is 0 Å². The third-order valence-corrected chi connectivity index (χ3v) is 2.32. The van der Waals surface area contributed by atoms with Gasteiger partial charge in [0.25, 0.3) is 5.91 Å². The highest BCUT2D eigenvalue weighted by Crippen LogP contribution is 2.07. The molecule has 1 aromatic rings.